The number of phenolic OH excluding ortho intramolecular Hbond substituents is 1. The molecule has 0 radical (unpaired) electrons. The number of aromatic hydroxyl groups is 1. The highest BCUT2D eigenvalue weighted by Gasteiger charge is 2.66. The number of nitrogens with zero attached hydrogens (tertiary/aromatic N) is 2. The molecule has 7 rings (SSSR count). The Hall–Kier alpha value is -2.97. The van der Waals surface area contributed by atoms with E-state index in [0.717, 1.165) is 55.0 Å². The van der Waals surface area contributed by atoms with Crippen molar-refractivity contribution in [1.29, 1.82) is 0 Å². The summed E-state index contributed by atoms with van der Waals surface area (Å²) >= 11 is 0. The molecule has 1 saturated heterocycles. The van der Waals surface area contributed by atoms with Crippen LogP contribution in [0.4, 0.5) is 0 Å². The molecule has 2 heterocycles. The predicted octanol–water partition coefficient (Wildman–Crippen LogP) is 4.75. The topological polar surface area (TPSA) is 53.0 Å². The van der Waals surface area contributed by atoms with Crippen LogP contribution in [0.5, 0.6) is 11.5 Å². The van der Waals surface area contributed by atoms with Crippen LogP contribution in [0, 0.1) is 29.6 Å². The van der Waals surface area contributed by atoms with Gasteiger partial charge in [-0.25, -0.2) is 0 Å². The quantitative estimate of drug-likeness (QED) is 0.590. The minimum Gasteiger partial charge on any atom is -0.508 e. The zero-order valence-corrected chi connectivity index (χ0v) is 22.5. The Kier molecular flexibility index (Phi) is 5.74. The number of benzene rings is 2. The lowest BCUT2D eigenvalue weighted by molar-refractivity contribution is -0.137. The summed E-state index contributed by atoms with van der Waals surface area (Å²) in [7, 11) is 0. The SMILES string of the molecule is CC(C)CN(C(=O)C#Cc1ccccc1)[C@@H]1CC[C@H]2[C@H]3Cc4c(O)ccc5c4[C@@]2(CCN3CC2CC2)[C@H]1O5. The van der Waals surface area contributed by atoms with Gasteiger partial charge in [-0.2, -0.15) is 0 Å². The molecule has 2 aromatic carbocycles. The smallest absolute Gasteiger partial charge is 0.299 e. The molecular weight excluding hydrogens is 472 g/mol. The van der Waals surface area contributed by atoms with E-state index < -0.39 is 0 Å². The summed E-state index contributed by atoms with van der Waals surface area (Å²) in [5.74, 6) is 8.98. The van der Waals surface area contributed by atoms with E-state index in [-0.39, 0.29) is 23.5 Å². The van der Waals surface area contributed by atoms with Crippen LogP contribution in [0.1, 0.15) is 62.6 Å². The zero-order valence-electron chi connectivity index (χ0n) is 22.5. The van der Waals surface area contributed by atoms with Gasteiger partial charge in [0.2, 0.25) is 0 Å². The van der Waals surface area contributed by atoms with Crippen molar-refractivity contribution in [3.05, 3.63) is 59.2 Å². The number of hydrogen-bond acceptors (Lipinski definition) is 4. The van der Waals surface area contributed by atoms with Crippen LogP contribution >= 0.6 is 0 Å². The molecule has 5 heteroatoms. The number of rotatable bonds is 5. The van der Waals surface area contributed by atoms with Crippen LogP contribution < -0.4 is 4.74 Å². The molecule has 1 amide bonds. The van der Waals surface area contributed by atoms with Crippen molar-refractivity contribution < 1.29 is 14.6 Å². The fourth-order valence-electron chi connectivity index (χ4n) is 8.27. The number of piperidine rings is 1. The number of carbonyl (C=O) groups excluding carboxylic acids is 1. The lowest BCUT2D eigenvalue weighted by Gasteiger charge is -2.60. The Balaban J connectivity index is 1.27. The molecule has 2 aromatic rings. The first-order chi connectivity index (χ1) is 18.5. The van der Waals surface area contributed by atoms with Gasteiger partial charge in [0.1, 0.15) is 17.6 Å². The van der Waals surface area contributed by atoms with Gasteiger partial charge in [0.25, 0.3) is 5.91 Å². The number of carbonyl (C=O) groups is 1. The first-order valence-electron chi connectivity index (χ1n) is 14.6. The van der Waals surface area contributed by atoms with Gasteiger partial charge in [0, 0.05) is 47.2 Å². The largest absolute Gasteiger partial charge is 0.508 e. The molecule has 5 atom stereocenters. The van der Waals surface area contributed by atoms with Crippen LogP contribution in [0.2, 0.25) is 0 Å². The molecule has 0 aromatic heterocycles. The average Bonchev–Trinajstić information content (AvgIpc) is 3.67. The van der Waals surface area contributed by atoms with Crippen molar-refractivity contribution >= 4 is 5.91 Å². The van der Waals surface area contributed by atoms with E-state index in [2.05, 4.69) is 30.6 Å². The monoisotopic (exact) mass is 510 g/mol. The number of hydrogen-bond donors (Lipinski definition) is 1. The number of phenols is 1. The summed E-state index contributed by atoms with van der Waals surface area (Å²) in [4.78, 5) is 18.5. The Labute approximate surface area is 226 Å². The third kappa shape index (κ3) is 3.75. The van der Waals surface area contributed by atoms with Crippen molar-refractivity contribution in [1.82, 2.24) is 9.80 Å². The summed E-state index contributed by atoms with van der Waals surface area (Å²) in [5.41, 5.74) is 3.07. The molecule has 2 bridgehead atoms. The minimum absolute atomic E-state index is 0.0256. The summed E-state index contributed by atoms with van der Waals surface area (Å²) in [6.45, 7) is 7.27. The fraction of sp³-hybridized carbons (Fsp3) is 0.545. The van der Waals surface area contributed by atoms with Gasteiger partial charge >= 0.3 is 0 Å². The van der Waals surface area contributed by atoms with Crippen LogP contribution in [-0.2, 0) is 16.6 Å². The standard InChI is InChI=1S/C33H38N2O3/c1-21(2)19-35(30(37)15-10-22-6-4-3-5-7-22)26-12-11-25-27-18-24-28(36)13-14-29-31(24)33(25,32(26)38-29)16-17-34(27)20-23-8-9-23/h3-7,13-14,21,23,25-27,32,36H,8-9,11-12,16-20H2,1-2H3/t25-,26+,27+,32-,33-/m0/s1. The van der Waals surface area contributed by atoms with E-state index in [4.69, 9.17) is 4.74 Å². The molecule has 5 aliphatic rings. The minimum atomic E-state index is -0.141. The molecule has 3 aliphatic carbocycles. The van der Waals surface area contributed by atoms with Gasteiger partial charge < -0.3 is 14.7 Å². The lowest BCUT2D eigenvalue weighted by Crippen LogP contribution is -2.69. The Morgan fingerprint density at radius 1 is 1.16 bits per heavy atom. The molecule has 5 nitrogen and oxygen atoms in total. The van der Waals surface area contributed by atoms with Gasteiger partial charge in [-0.3, -0.25) is 9.69 Å². The van der Waals surface area contributed by atoms with Crippen molar-refractivity contribution in [2.45, 2.75) is 76.0 Å². The highest BCUT2D eigenvalue weighted by atomic mass is 16.5. The summed E-state index contributed by atoms with van der Waals surface area (Å²) < 4.78 is 6.88. The van der Waals surface area contributed by atoms with Crippen molar-refractivity contribution in [2.24, 2.45) is 17.8 Å². The number of ether oxygens (including phenoxy) is 1. The third-order valence-electron chi connectivity index (χ3n) is 9.92. The molecule has 0 unspecified atom stereocenters. The maximum Gasteiger partial charge on any atom is 0.299 e. The summed E-state index contributed by atoms with van der Waals surface area (Å²) in [6, 6.07) is 14.0. The second kappa shape index (κ2) is 9.06. The van der Waals surface area contributed by atoms with Crippen molar-refractivity contribution in [3.8, 4) is 23.3 Å². The molecule has 1 N–H and O–H groups in total. The Bertz CT molecular complexity index is 1310. The van der Waals surface area contributed by atoms with Crippen LogP contribution in [0.25, 0.3) is 0 Å². The van der Waals surface area contributed by atoms with E-state index in [1.165, 1.54) is 24.9 Å². The van der Waals surface area contributed by atoms with E-state index in [1.54, 1.807) is 0 Å². The predicted molar refractivity (Wildman–Crippen MR) is 147 cm³/mol. The molecule has 198 valence electrons. The molecule has 38 heavy (non-hydrogen) atoms. The van der Waals surface area contributed by atoms with Gasteiger partial charge in [-0.15, -0.1) is 0 Å². The lowest BCUT2D eigenvalue weighted by atomic mass is 9.50. The van der Waals surface area contributed by atoms with E-state index in [1.807, 2.05) is 47.4 Å². The summed E-state index contributed by atoms with van der Waals surface area (Å²) in [5, 5.41) is 11.0. The van der Waals surface area contributed by atoms with Gasteiger partial charge in [-0.05, 0) is 87.1 Å². The highest BCUT2D eigenvalue weighted by molar-refractivity contribution is 5.94. The number of amides is 1. The molecule has 3 fully saturated rings. The van der Waals surface area contributed by atoms with Crippen molar-refractivity contribution in [3.63, 3.8) is 0 Å². The van der Waals surface area contributed by atoms with Crippen LogP contribution in [-0.4, -0.2) is 58.6 Å². The molecule has 1 spiro atoms. The third-order valence-corrected chi connectivity index (χ3v) is 9.92. The summed E-state index contributed by atoms with van der Waals surface area (Å²) in [6.07, 6.45) is 6.58. The van der Waals surface area contributed by atoms with Gasteiger partial charge in [0.15, 0.2) is 0 Å². The van der Waals surface area contributed by atoms with Crippen LogP contribution in [0.15, 0.2) is 42.5 Å². The maximum absolute atomic E-state index is 13.7. The number of likely N-dealkylation sites (tertiary alicyclic amines) is 1. The van der Waals surface area contributed by atoms with E-state index in [0.29, 0.717) is 30.2 Å². The molecule has 2 aliphatic heterocycles. The van der Waals surface area contributed by atoms with Crippen LogP contribution in [0.3, 0.4) is 0 Å². The van der Waals surface area contributed by atoms with Gasteiger partial charge in [0.05, 0.1) is 6.04 Å². The Morgan fingerprint density at radius 3 is 2.74 bits per heavy atom. The van der Waals surface area contributed by atoms with Crippen molar-refractivity contribution in [2.75, 3.05) is 19.6 Å². The first-order valence-corrected chi connectivity index (χ1v) is 14.6. The molecular formula is C33H38N2O3. The van der Waals surface area contributed by atoms with E-state index in [9.17, 15) is 9.90 Å². The first kappa shape index (κ1) is 24.1. The Morgan fingerprint density at radius 2 is 1.97 bits per heavy atom. The maximum atomic E-state index is 13.7. The second-order valence-corrected chi connectivity index (χ2v) is 12.7. The average molecular weight is 511 g/mol. The highest BCUT2D eigenvalue weighted by Crippen LogP contribution is 2.64. The zero-order chi connectivity index (χ0) is 26.0. The molecule has 2 saturated carbocycles. The normalized spacial score (nSPS) is 30.7. The van der Waals surface area contributed by atoms with E-state index >= 15 is 0 Å². The second-order valence-electron chi connectivity index (χ2n) is 12.7. The fourth-order valence-corrected chi connectivity index (χ4v) is 8.27. The van der Waals surface area contributed by atoms with Gasteiger partial charge in [-0.1, -0.05) is 38.0 Å².